The molecule has 0 unspecified atom stereocenters. The number of carbonyl (C=O) groups is 2. The van der Waals surface area contributed by atoms with Crippen molar-refractivity contribution in [3.63, 3.8) is 0 Å². The van der Waals surface area contributed by atoms with Gasteiger partial charge in [0.1, 0.15) is 0 Å². The average Bonchev–Trinajstić information content (AvgIpc) is 2.43. The molecule has 0 aliphatic heterocycles. The number of benzene rings is 1. The monoisotopic (exact) mass is 250 g/mol. The summed E-state index contributed by atoms with van der Waals surface area (Å²) in [7, 11) is 2.98. The first-order valence-electron chi connectivity index (χ1n) is 5.76. The Kier molecular flexibility index (Phi) is 5.87. The molecule has 0 fully saturated rings. The first kappa shape index (κ1) is 14.2. The lowest BCUT2D eigenvalue weighted by atomic mass is 10.1. The Morgan fingerprint density at radius 2 is 1.89 bits per heavy atom. The maximum Gasteiger partial charge on any atom is 0.337 e. The van der Waals surface area contributed by atoms with Crippen LogP contribution in [0.15, 0.2) is 24.3 Å². The summed E-state index contributed by atoms with van der Waals surface area (Å²) in [6.07, 6.45) is 0.455. The number of hydrogen-bond donors (Lipinski definition) is 2. The fourth-order valence-corrected chi connectivity index (χ4v) is 1.44. The predicted molar refractivity (Wildman–Crippen MR) is 68.2 cm³/mol. The summed E-state index contributed by atoms with van der Waals surface area (Å²) in [4.78, 5) is 22.2. The van der Waals surface area contributed by atoms with E-state index in [1.54, 1.807) is 19.2 Å². The van der Waals surface area contributed by atoms with Crippen molar-refractivity contribution in [1.82, 2.24) is 10.6 Å². The highest BCUT2D eigenvalue weighted by Gasteiger charge is 2.04. The van der Waals surface area contributed by atoms with Crippen molar-refractivity contribution in [2.24, 2.45) is 0 Å². The van der Waals surface area contributed by atoms with E-state index >= 15 is 0 Å². The van der Waals surface area contributed by atoms with Crippen LogP contribution in [0.4, 0.5) is 0 Å². The van der Waals surface area contributed by atoms with Gasteiger partial charge in [-0.25, -0.2) is 4.79 Å². The zero-order valence-electron chi connectivity index (χ0n) is 10.7. The van der Waals surface area contributed by atoms with Gasteiger partial charge >= 0.3 is 5.97 Å². The Morgan fingerprint density at radius 3 is 2.44 bits per heavy atom. The second-order valence-electron chi connectivity index (χ2n) is 3.79. The van der Waals surface area contributed by atoms with E-state index in [0.29, 0.717) is 25.1 Å². The number of rotatable bonds is 6. The number of nitrogens with one attached hydrogen (secondary N) is 2. The highest BCUT2D eigenvalue weighted by molar-refractivity contribution is 5.89. The van der Waals surface area contributed by atoms with Gasteiger partial charge in [0.05, 0.1) is 12.7 Å². The molecule has 5 heteroatoms. The van der Waals surface area contributed by atoms with Gasteiger partial charge in [-0.15, -0.1) is 0 Å². The average molecular weight is 250 g/mol. The molecule has 0 aliphatic carbocycles. The van der Waals surface area contributed by atoms with Gasteiger partial charge in [-0.2, -0.15) is 0 Å². The molecule has 1 rings (SSSR count). The van der Waals surface area contributed by atoms with Gasteiger partial charge in [-0.05, 0) is 17.7 Å². The van der Waals surface area contributed by atoms with Gasteiger partial charge in [-0.1, -0.05) is 12.1 Å². The van der Waals surface area contributed by atoms with Crippen molar-refractivity contribution in [2.75, 3.05) is 20.7 Å². The largest absolute Gasteiger partial charge is 0.465 e. The van der Waals surface area contributed by atoms with Crippen LogP contribution < -0.4 is 10.6 Å². The first-order chi connectivity index (χ1) is 8.67. The standard InChI is InChI=1S/C13H18N2O3/c1-14-12(16)7-8-15-9-10-3-5-11(6-4-10)13(17)18-2/h3-6,15H,7-9H2,1-2H3,(H,14,16). The van der Waals surface area contributed by atoms with E-state index < -0.39 is 0 Å². The van der Waals surface area contributed by atoms with Crippen LogP contribution in [0.1, 0.15) is 22.3 Å². The third kappa shape index (κ3) is 4.55. The SMILES string of the molecule is CNC(=O)CCNCc1ccc(C(=O)OC)cc1. The first-order valence-corrected chi connectivity index (χ1v) is 5.76. The molecular weight excluding hydrogens is 232 g/mol. The molecule has 0 saturated carbocycles. The fourth-order valence-electron chi connectivity index (χ4n) is 1.44. The van der Waals surface area contributed by atoms with Crippen molar-refractivity contribution in [3.8, 4) is 0 Å². The Morgan fingerprint density at radius 1 is 1.22 bits per heavy atom. The van der Waals surface area contributed by atoms with Gasteiger partial charge in [0.2, 0.25) is 5.91 Å². The van der Waals surface area contributed by atoms with Gasteiger partial charge in [-0.3, -0.25) is 4.79 Å². The Balaban J connectivity index is 2.35. The van der Waals surface area contributed by atoms with E-state index in [-0.39, 0.29) is 11.9 Å². The minimum Gasteiger partial charge on any atom is -0.465 e. The van der Waals surface area contributed by atoms with E-state index in [0.717, 1.165) is 5.56 Å². The van der Waals surface area contributed by atoms with E-state index in [4.69, 9.17) is 0 Å². The smallest absolute Gasteiger partial charge is 0.337 e. The second kappa shape index (κ2) is 7.45. The lowest BCUT2D eigenvalue weighted by Gasteiger charge is -2.05. The highest BCUT2D eigenvalue weighted by Crippen LogP contribution is 2.05. The summed E-state index contributed by atoms with van der Waals surface area (Å²) in [5.41, 5.74) is 1.59. The van der Waals surface area contributed by atoms with E-state index in [9.17, 15) is 9.59 Å². The molecule has 0 radical (unpaired) electrons. The fraction of sp³-hybridized carbons (Fsp3) is 0.385. The summed E-state index contributed by atoms with van der Waals surface area (Å²) in [5.74, 6) is -0.322. The molecule has 0 aromatic heterocycles. The molecule has 5 nitrogen and oxygen atoms in total. The zero-order valence-corrected chi connectivity index (χ0v) is 10.7. The van der Waals surface area contributed by atoms with Crippen molar-refractivity contribution < 1.29 is 14.3 Å². The highest BCUT2D eigenvalue weighted by atomic mass is 16.5. The quantitative estimate of drug-likeness (QED) is 0.576. The third-order valence-corrected chi connectivity index (χ3v) is 2.51. The maximum absolute atomic E-state index is 11.2. The summed E-state index contributed by atoms with van der Waals surface area (Å²) >= 11 is 0. The maximum atomic E-state index is 11.2. The van der Waals surface area contributed by atoms with Crippen LogP contribution in [0.25, 0.3) is 0 Å². The number of ether oxygens (including phenoxy) is 1. The summed E-state index contributed by atoms with van der Waals surface area (Å²) in [6, 6.07) is 7.17. The topological polar surface area (TPSA) is 67.4 Å². The molecule has 0 spiro atoms. The number of esters is 1. The van der Waals surface area contributed by atoms with Gasteiger partial charge < -0.3 is 15.4 Å². The minimum atomic E-state index is -0.339. The summed E-state index contributed by atoms with van der Waals surface area (Å²) in [6.45, 7) is 1.29. The number of carbonyl (C=O) groups excluding carboxylic acids is 2. The molecular formula is C13H18N2O3. The molecule has 1 amide bonds. The van der Waals surface area contributed by atoms with E-state index in [2.05, 4.69) is 15.4 Å². The lowest BCUT2D eigenvalue weighted by Crippen LogP contribution is -2.24. The van der Waals surface area contributed by atoms with Gasteiger partial charge in [0.25, 0.3) is 0 Å². The molecule has 0 saturated heterocycles. The molecule has 18 heavy (non-hydrogen) atoms. The third-order valence-electron chi connectivity index (χ3n) is 2.51. The number of methoxy groups -OCH3 is 1. The predicted octanol–water partition coefficient (Wildman–Crippen LogP) is 0.699. The molecule has 0 aliphatic rings. The normalized spacial score (nSPS) is 9.89. The van der Waals surface area contributed by atoms with Crippen LogP contribution in [0, 0.1) is 0 Å². The molecule has 1 aromatic rings. The summed E-state index contributed by atoms with van der Waals surface area (Å²) in [5, 5.41) is 5.71. The summed E-state index contributed by atoms with van der Waals surface area (Å²) < 4.78 is 4.61. The zero-order chi connectivity index (χ0) is 13.4. The van der Waals surface area contributed by atoms with Crippen LogP contribution in [-0.2, 0) is 16.1 Å². The van der Waals surface area contributed by atoms with Crippen LogP contribution in [-0.4, -0.2) is 32.6 Å². The molecule has 1 aromatic carbocycles. The Bertz CT molecular complexity index is 401. The van der Waals surface area contributed by atoms with Crippen molar-refractivity contribution >= 4 is 11.9 Å². The van der Waals surface area contributed by atoms with E-state index in [1.807, 2.05) is 12.1 Å². The molecule has 2 N–H and O–H groups in total. The van der Waals surface area contributed by atoms with E-state index in [1.165, 1.54) is 7.11 Å². The lowest BCUT2D eigenvalue weighted by molar-refractivity contribution is -0.120. The Hall–Kier alpha value is -1.88. The molecule has 0 bridgehead atoms. The van der Waals surface area contributed by atoms with Crippen LogP contribution in [0.5, 0.6) is 0 Å². The van der Waals surface area contributed by atoms with Gasteiger partial charge in [0.15, 0.2) is 0 Å². The van der Waals surface area contributed by atoms with Crippen molar-refractivity contribution in [1.29, 1.82) is 0 Å². The van der Waals surface area contributed by atoms with Gasteiger partial charge in [0, 0.05) is 26.6 Å². The van der Waals surface area contributed by atoms with Crippen LogP contribution in [0.2, 0.25) is 0 Å². The van der Waals surface area contributed by atoms with Crippen molar-refractivity contribution in [3.05, 3.63) is 35.4 Å². The Labute approximate surface area is 107 Å². The van der Waals surface area contributed by atoms with Crippen LogP contribution >= 0.6 is 0 Å². The second-order valence-corrected chi connectivity index (χ2v) is 3.79. The number of amides is 1. The number of hydrogen-bond acceptors (Lipinski definition) is 4. The minimum absolute atomic E-state index is 0.0172. The molecule has 0 heterocycles. The van der Waals surface area contributed by atoms with Crippen molar-refractivity contribution in [2.45, 2.75) is 13.0 Å². The molecule has 0 atom stereocenters. The van der Waals surface area contributed by atoms with Crippen LogP contribution in [0.3, 0.4) is 0 Å². The molecule has 98 valence electrons.